The number of nitrogens with zero attached hydrogens (tertiary/aromatic N) is 2. The van der Waals surface area contributed by atoms with Gasteiger partial charge < -0.3 is 5.11 Å². The highest BCUT2D eigenvalue weighted by atomic mass is 16.4. The molecule has 0 radical (unpaired) electrons. The Bertz CT molecular complexity index is 701. The van der Waals surface area contributed by atoms with Crippen molar-refractivity contribution < 1.29 is 9.90 Å². The third-order valence-electron chi connectivity index (χ3n) is 3.64. The maximum Gasteiger partial charge on any atom is 0.309 e. The molecule has 1 fully saturated rings. The zero-order valence-electron chi connectivity index (χ0n) is 10.4. The van der Waals surface area contributed by atoms with E-state index in [1.54, 1.807) is 24.3 Å². The Hall–Kier alpha value is -2.17. The molecule has 0 saturated heterocycles. The van der Waals surface area contributed by atoms with E-state index in [-0.39, 0.29) is 18.0 Å². The molecule has 0 spiro atoms. The Kier molecular flexibility index (Phi) is 2.81. The van der Waals surface area contributed by atoms with Gasteiger partial charge in [-0.15, -0.1) is 0 Å². The minimum absolute atomic E-state index is 0.116. The van der Waals surface area contributed by atoms with Crippen LogP contribution in [0.5, 0.6) is 0 Å². The molecule has 1 aliphatic rings. The van der Waals surface area contributed by atoms with Crippen molar-refractivity contribution in [3.05, 3.63) is 40.3 Å². The first-order chi connectivity index (χ1) is 9.16. The lowest BCUT2D eigenvalue weighted by atomic mass is 9.93. The van der Waals surface area contributed by atoms with Crippen LogP contribution >= 0.6 is 0 Å². The van der Waals surface area contributed by atoms with Crippen molar-refractivity contribution in [1.82, 2.24) is 9.78 Å². The smallest absolute Gasteiger partial charge is 0.309 e. The van der Waals surface area contributed by atoms with Crippen LogP contribution in [0.15, 0.2) is 29.1 Å². The number of rotatable bonds is 3. The van der Waals surface area contributed by atoms with Gasteiger partial charge in [-0.3, -0.25) is 9.59 Å². The number of carbonyl (C=O) groups is 1. The van der Waals surface area contributed by atoms with Crippen LogP contribution in [0.3, 0.4) is 0 Å². The summed E-state index contributed by atoms with van der Waals surface area (Å²) in [6, 6.07) is 7.21. The molecule has 1 aromatic heterocycles. The van der Waals surface area contributed by atoms with Crippen LogP contribution in [0.1, 0.15) is 31.0 Å². The van der Waals surface area contributed by atoms with Crippen LogP contribution in [-0.2, 0) is 11.2 Å². The summed E-state index contributed by atoms with van der Waals surface area (Å²) >= 11 is 0. The standard InChI is InChI=1S/C14H14N2O3/c17-13(18)8-12-10-6-1-2-7-11(10)14(19)16(15-12)9-4-3-5-9/h1-2,6-7,9H,3-5,8H2,(H,17,18). The predicted octanol–water partition coefficient (Wildman–Crippen LogP) is 1.75. The van der Waals surface area contributed by atoms with Gasteiger partial charge in [0.15, 0.2) is 0 Å². The average Bonchev–Trinajstić information content (AvgIpc) is 2.32. The van der Waals surface area contributed by atoms with Crippen molar-refractivity contribution in [1.29, 1.82) is 0 Å². The Morgan fingerprint density at radius 3 is 2.58 bits per heavy atom. The van der Waals surface area contributed by atoms with E-state index in [4.69, 9.17) is 5.11 Å². The summed E-state index contributed by atoms with van der Waals surface area (Å²) in [5.41, 5.74) is 0.351. The zero-order valence-corrected chi connectivity index (χ0v) is 10.4. The number of hydrogen-bond donors (Lipinski definition) is 1. The van der Waals surface area contributed by atoms with Crippen LogP contribution in [0.2, 0.25) is 0 Å². The molecule has 1 N–H and O–H groups in total. The van der Waals surface area contributed by atoms with Gasteiger partial charge in [0.25, 0.3) is 5.56 Å². The highest BCUT2D eigenvalue weighted by molar-refractivity contribution is 5.86. The lowest BCUT2D eigenvalue weighted by Gasteiger charge is -2.27. The minimum Gasteiger partial charge on any atom is -0.481 e. The summed E-state index contributed by atoms with van der Waals surface area (Å²) < 4.78 is 1.48. The summed E-state index contributed by atoms with van der Waals surface area (Å²) in [6.07, 6.45) is 2.82. The summed E-state index contributed by atoms with van der Waals surface area (Å²) in [7, 11) is 0. The molecule has 0 bridgehead atoms. The van der Waals surface area contributed by atoms with Gasteiger partial charge in [0.05, 0.1) is 23.5 Å². The minimum atomic E-state index is -0.934. The molecule has 1 aliphatic carbocycles. The fourth-order valence-electron chi connectivity index (χ4n) is 2.43. The Balaban J connectivity index is 2.24. The molecule has 98 valence electrons. The molecule has 3 rings (SSSR count). The molecule has 0 atom stereocenters. The molecule has 0 amide bonds. The molecule has 0 unspecified atom stereocenters. The number of aromatic nitrogens is 2. The van der Waals surface area contributed by atoms with E-state index in [0.717, 1.165) is 19.3 Å². The van der Waals surface area contributed by atoms with E-state index in [1.165, 1.54) is 4.68 Å². The van der Waals surface area contributed by atoms with Gasteiger partial charge in [0.2, 0.25) is 0 Å². The fourth-order valence-corrected chi connectivity index (χ4v) is 2.43. The molecule has 5 nitrogen and oxygen atoms in total. The zero-order chi connectivity index (χ0) is 13.4. The third-order valence-corrected chi connectivity index (χ3v) is 3.64. The molecular weight excluding hydrogens is 244 g/mol. The van der Waals surface area contributed by atoms with Gasteiger partial charge in [-0.2, -0.15) is 5.10 Å². The average molecular weight is 258 g/mol. The molecule has 1 heterocycles. The van der Waals surface area contributed by atoms with Gasteiger partial charge >= 0.3 is 5.97 Å². The Morgan fingerprint density at radius 1 is 1.32 bits per heavy atom. The van der Waals surface area contributed by atoms with E-state index in [2.05, 4.69) is 5.10 Å². The summed E-state index contributed by atoms with van der Waals surface area (Å²) in [4.78, 5) is 23.3. The first-order valence-electron chi connectivity index (χ1n) is 6.39. The number of fused-ring (bicyclic) bond motifs is 1. The molecule has 2 aromatic rings. The normalized spacial score (nSPS) is 15.4. The number of carboxylic acid groups (broad SMARTS) is 1. The summed E-state index contributed by atoms with van der Waals surface area (Å²) in [6.45, 7) is 0. The lowest BCUT2D eigenvalue weighted by molar-refractivity contribution is -0.136. The Morgan fingerprint density at radius 2 is 2.00 bits per heavy atom. The monoisotopic (exact) mass is 258 g/mol. The van der Waals surface area contributed by atoms with Gasteiger partial charge in [-0.25, -0.2) is 4.68 Å². The summed E-state index contributed by atoms with van der Waals surface area (Å²) in [5.74, 6) is -0.934. The largest absolute Gasteiger partial charge is 0.481 e. The number of carboxylic acids is 1. The SMILES string of the molecule is O=C(O)Cc1nn(C2CCC2)c(=O)c2ccccc12. The van der Waals surface area contributed by atoms with Gasteiger partial charge in [-0.1, -0.05) is 18.2 Å². The highest BCUT2D eigenvalue weighted by Crippen LogP contribution is 2.30. The van der Waals surface area contributed by atoms with Crippen LogP contribution in [0, 0.1) is 0 Å². The summed E-state index contributed by atoms with van der Waals surface area (Å²) in [5, 5.41) is 14.5. The first-order valence-corrected chi connectivity index (χ1v) is 6.39. The van der Waals surface area contributed by atoms with Crippen LogP contribution in [-0.4, -0.2) is 20.9 Å². The second kappa shape index (κ2) is 4.50. The van der Waals surface area contributed by atoms with Crippen molar-refractivity contribution in [3.8, 4) is 0 Å². The molecular formula is C14H14N2O3. The van der Waals surface area contributed by atoms with Crippen molar-refractivity contribution in [2.75, 3.05) is 0 Å². The molecule has 1 saturated carbocycles. The third kappa shape index (κ3) is 2.01. The van der Waals surface area contributed by atoms with Gasteiger partial charge in [0.1, 0.15) is 0 Å². The van der Waals surface area contributed by atoms with E-state index < -0.39 is 5.97 Å². The van der Waals surface area contributed by atoms with Crippen LogP contribution in [0.25, 0.3) is 10.8 Å². The first kappa shape index (κ1) is 11.9. The van der Waals surface area contributed by atoms with E-state index in [0.29, 0.717) is 16.5 Å². The van der Waals surface area contributed by atoms with Gasteiger partial charge in [-0.05, 0) is 25.3 Å². The van der Waals surface area contributed by atoms with E-state index in [1.807, 2.05) is 0 Å². The Labute approximate surface area is 109 Å². The maximum atomic E-state index is 12.4. The number of benzene rings is 1. The predicted molar refractivity (Wildman–Crippen MR) is 70.2 cm³/mol. The number of hydrogen-bond acceptors (Lipinski definition) is 3. The van der Waals surface area contributed by atoms with Crippen molar-refractivity contribution in [3.63, 3.8) is 0 Å². The van der Waals surface area contributed by atoms with E-state index in [9.17, 15) is 9.59 Å². The quantitative estimate of drug-likeness (QED) is 0.910. The van der Waals surface area contributed by atoms with Gasteiger partial charge in [0, 0.05) is 5.39 Å². The molecule has 1 aromatic carbocycles. The van der Waals surface area contributed by atoms with E-state index >= 15 is 0 Å². The van der Waals surface area contributed by atoms with Crippen molar-refractivity contribution in [2.45, 2.75) is 31.7 Å². The van der Waals surface area contributed by atoms with Crippen LogP contribution < -0.4 is 5.56 Å². The van der Waals surface area contributed by atoms with Crippen molar-refractivity contribution >= 4 is 16.7 Å². The highest BCUT2D eigenvalue weighted by Gasteiger charge is 2.23. The molecule has 0 aliphatic heterocycles. The fraction of sp³-hybridized carbons (Fsp3) is 0.357. The molecule has 19 heavy (non-hydrogen) atoms. The topological polar surface area (TPSA) is 72.2 Å². The second-order valence-electron chi connectivity index (χ2n) is 4.90. The molecule has 5 heteroatoms. The number of aliphatic carboxylic acids is 1. The lowest BCUT2D eigenvalue weighted by Crippen LogP contribution is -2.32. The van der Waals surface area contributed by atoms with Crippen molar-refractivity contribution in [2.24, 2.45) is 0 Å². The maximum absolute atomic E-state index is 12.4. The van der Waals surface area contributed by atoms with Crippen LogP contribution in [0.4, 0.5) is 0 Å². The second-order valence-corrected chi connectivity index (χ2v) is 4.90.